The molecule has 2 aliphatic heterocycles. The zero-order valence-corrected chi connectivity index (χ0v) is 17.0. The molecule has 166 valence electrons. The molecule has 1 aromatic carbocycles. The van der Waals surface area contributed by atoms with Crippen LogP contribution in [-0.4, -0.2) is 42.3 Å². The van der Waals surface area contributed by atoms with Crippen LogP contribution in [0.4, 0.5) is 24.5 Å². The number of likely N-dealkylation sites (tertiary alicyclic amines) is 1. The van der Waals surface area contributed by atoms with Gasteiger partial charge in [0, 0.05) is 26.1 Å². The number of imide groups is 1. The summed E-state index contributed by atoms with van der Waals surface area (Å²) in [6.07, 6.45) is 1.98. The van der Waals surface area contributed by atoms with Gasteiger partial charge in [0.05, 0.1) is 28.8 Å². The summed E-state index contributed by atoms with van der Waals surface area (Å²) in [7, 11) is 0. The van der Waals surface area contributed by atoms with Gasteiger partial charge < -0.3 is 10.2 Å². The van der Waals surface area contributed by atoms with E-state index in [4.69, 9.17) is 0 Å². The lowest BCUT2D eigenvalue weighted by Crippen LogP contribution is -2.34. The van der Waals surface area contributed by atoms with Gasteiger partial charge in [0.2, 0.25) is 17.7 Å². The fraction of sp³-hybridized carbons (Fsp3) is 0.500. The third-order valence-electron chi connectivity index (χ3n) is 6.21. The molecule has 0 bridgehead atoms. The highest BCUT2D eigenvalue weighted by Gasteiger charge is 2.46. The number of nitrogens with zero attached hydrogens (tertiary/aromatic N) is 2. The number of anilines is 2. The van der Waals surface area contributed by atoms with Crippen molar-refractivity contribution in [1.29, 1.82) is 0 Å². The van der Waals surface area contributed by atoms with Crippen LogP contribution < -0.4 is 10.2 Å². The number of halogens is 3. The molecule has 0 spiro atoms. The molecule has 31 heavy (non-hydrogen) atoms. The maximum atomic E-state index is 13.2. The SMILES string of the molecule is O=C(CCN1C(=O)[C@@H]2CC=CC[C@H]2C1=O)Nc1cc(C(F)(F)F)ccc1N1CCCC1. The standard InChI is InChI=1S/C22H24F3N3O3/c23-22(24,25)14-7-8-18(27-10-3-4-11-27)17(13-14)26-19(29)9-12-28-20(30)15-5-1-2-6-16(15)21(28)31/h1-2,7-8,13,15-16H,3-6,9-12H2,(H,26,29)/t15-,16-/m1/s1. The molecular formula is C22H24F3N3O3. The van der Waals surface area contributed by atoms with Crippen molar-refractivity contribution in [2.24, 2.45) is 11.8 Å². The van der Waals surface area contributed by atoms with Crippen LogP contribution in [0, 0.1) is 11.8 Å². The van der Waals surface area contributed by atoms with Crippen LogP contribution in [0.15, 0.2) is 30.4 Å². The number of nitrogens with one attached hydrogen (secondary N) is 1. The van der Waals surface area contributed by atoms with Crippen LogP contribution >= 0.6 is 0 Å². The van der Waals surface area contributed by atoms with Gasteiger partial charge in [-0.25, -0.2) is 0 Å². The lowest BCUT2D eigenvalue weighted by atomic mass is 9.85. The predicted octanol–water partition coefficient (Wildman–Crippen LogP) is 3.59. The highest BCUT2D eigenvalue weighted by molar-refractivity contribution is 6.06. The maximum absolute atomic E-state index is 13.2. The number of alkyl halides is 3. The number of allylic oxidation sites excluding steroid dienone is 2. The normalized spacial score (nSPS) is 23.5. The molecule has 0 unspecified atom stereocenters. The Hall–Kier alpha value is -2.84. The quantitative estimate of drug-likeness (QED) is 0.567. The van der Waals surface area contributed by atoms with E-state index in [0.29, 0.717) is 31.6 Å². The Morgan fingerprint density at radius 1 is 1.03 bits per heavy atom. The fourth-order valence-electron chi connectivity index (χ4n) is 4.56. The maximum Gasteiger partial charge on any atom is 0.416 e. The molecule has 1 aliphatic carbocycles. The minimum atomic E-state index is -4.53. The average molecular weight is 435 g/mol. The molecule has 4 rings (SSSR count). The zero-order valence-electron chi connectivity index (χ0n) is 17.0. The van der Waals surface area contributed by atoms with Crippen molar-refractivity contribution in [2.45, 2.75) is 38.3 Å². The van der Waals surface area contributed by atoms with Crippen LogP contribution in [0.3, 0.4) is 0 Å². The summed E-state index contributed by atoms with van der Waals surface area (Å²) in [5.41, 5.74) is -0.199. The minimum Gasteiger partial charge on any atom is -0.370 e. The smallest absolute Gasteiger partial charge is 0.370 e. The molecule has 2 heterocycles. The number of fused-ring (bicyclic) bond motifs is 1. The van der Waals surface area contributed by atoms with E-state index in [9.17, 15) is 27.6 Å². The van der Waals surface area contributed by atoms with Gasteiger partial charge in [0.1, 0.15) is 0 Å². The van der Waals surface area contributed by atoms with Crippen molar-refractivity contribution in [3.8, 4) is 0 Å². The first-order valence-electron chi connectivity index (χ1n) is 10.5. The van der Waals surface area contributed by atoms with E-state index in [-0.39, 0.29) is 42.3 Å². The highest BCUT2D eigenvalue weighted by atomic mass is 19.4. The molecular weight excluding hydrogens is 411 g/mol. The van der Waals surface area contributed by atoms with Gasteiger partial charge >= 0.3 is 6.18 Å². The second-order valence-corrected chi connectivity index (χ2v) is 8.21. The molecule has 0 saturated carbocycles. The summed E-state index contributed by atoms with van der Waals surface area (Å²) in [5, 5.41) is 2.57. The van der Waals surface area contributed by atoms with Gasteiger partial charge in [-0.3, -0.25) is 19.3 Å². The Balaban J connectivity index is 1.45. The van der Waals surface area contributed by atoms with Gasteiger partial charge in [0.25, 0.3) is 0 Å². The number of benzene rings is 1. The van der Waals surface area contributed by atoms with E-state index in [0.717, 1.165) is 29.9 Å². The average Bonchev–Trinajstić information content (AvgIpc) is 3.34. The highest BCUT2D eigenvalue weighted by Crippen LogP contribution is 2.37. The van der Waals surface area contributed by atoms with Gasteiger partial charge in [-0.1, -0.05) is 12.2 Å². The van der Waals surface area contributed by atoms with Crippen molar-refractivity contribution < 1.29 is 27.6 Å². The molecule has 2 atom stereocenters. The number of rotatable bonds is 5. The van der Waals surface area contributed by atoms with Gasteiger partial charge in [-0.05, 0) is 43.9 Å². The zero-order chi connectivity index (χ0) is 22.2. The summed E-state index contributed by atoms with van der Waals surface area (Å²) < 4.78 is 39.6. The lowest BCUT2D eigenvalue weighted by Gasteiger charge is -2.23. The Morgan fingerprint density at radius 2 is 1.65 bits per heavy atom. The first-order chi connectivity index (χ1) is 14.8. The van der Waals surface area contributed by atoms with Crippen molar-refractivity contribution in [2.75, 3.05) is 29.9 Å². The van der Waals surface area contributed by atoms with Gasteiger partial charge in [-0.15, -0.1) is 0 Å². The number of hydrogen-bond acceptors (Lipinski definition) is 4. The summed E-state index contributed by atoms with van der Waals surface area (Å²) >= 11 is 0. The Bertz CT molecular complexity index is 896. The summed E-state index contributed by atoms with van der Waals surface area (Å²) in [6.45, 7) is 1.35. The molecule has 9 heteroatoms. The van der Waals surface area contributed by atoms with E-state index >= 15 is 0 Å². The third kappa shape index (κ3) is 4.31. The van der Waals surface area contributed by atoms with Crippen LogP contribution in [-0.2, 0) is 20.6 Å². The molecule has 2 saturated heterocycles. The van der Waals surface area contributed by atoms with Crippen LogP contribution in [0.25, 0.3) is 0 Å². The second-order valence-electron chi connectivity index (χ2n) is 8.21. The molecule has 6 nitrogen and oxygen atoms in total. The third-order valence-corrected chi connectivity index (χ3v) is 6.21. The fourth-order valence-corrected chi connectivity index (χ4v) is 4.56. The summed E-state index contributed by atoms with van der Waals surface area (Å²) in [5.74, 6) is -1.82. The summed E-state index contributed by atoms with van der Waals surface area (Å²) in [6, 6.07) is 3.34. The molecule has 3 amide bonds. The monoisotopic (exact) mass is 435 g/mol. The topological polar surface area (TPSA) is 69.7 Å². The van der Waals surface area contributed by atoms with E-state index in [1.807, 2.05) is 17.1 Å². The van der Waals surface area contributed by atoms with Gasteiger partial charge in [-0.2, -0.15) is 13.2 Å². The number of carbonyl (C=O) groups is 3. The molecule has 1 N–H and O–H groups in total. The number of amides is 3. The lowest BCUT2D eigenvalue weighted by molar-refractivity contribution is -0.140. The van der Waals surface area contributed by atoms with Crippen LogP contribution in [0.1, 0.15) is 37.7 Å². The number of carbonyl (C=O) groups excluding carboxylic acids is 3. The predicted molar refractivity (Wildman–Crippen MR) is 108 cm³/mol. The Kier molecular flexibility index (Phi) is 5.77. The van der Waals surface area contributed by atoms with Crippen molar-refractivity contribution in [3.63, 3.8) is 0 Å². The molecule has 2 fully saturated rings. The van der Waals surface area contributed by atoms with Gasteiger partial charge in [0.15, 0.2) is 0 Å². The minimum absolute atomic E-state index is 0.0749. The molecule has 0 radical (unpaired) electrons. The Morgan fingerprint density at radius 3 is 2.23 bits per heavy atom. The van der Waals surface area contributed by atoms with E-state index in [2.05, 4.69) is 5.32 Å². The van der Waals surface area contributed by atoms with E-state index in [1.54, 1.807) is 0 Å². The van der Waals surface area contributed by atoms with Crippen molar-refractivity contribution in [1.82, 2.24) is 4.90 Å². The second kappa shape index (κ2) is 8.36. The number of hydrogen-bond donors (Lipinski definition) is 1. The first-order valence-corrected chi connectivity index (χ1v) is 10.5. The van der Waals surface area contributed by atoms with Crippen LogP contribution in [0.5, 0.6) is 0 Å². The van der Waals surface area contributed by atoms with Crippen molar-refractivity contribution in [3.05, 3.63) is 35.9 Å². The van der Waals surface area contributed by atoms with E-state index < -0.39 is 17.6 Å². The molecule has 0 aromatic heterocycles. The van der Waals surface area contributed by atoms with Crippen molar-refractivity contribution >= 4 is 29.1 Å². The Labute approximate surface area is 178 Å². The molecule has 3 aliphatic rings. The first kappa shape index (κ1) is 21.4. The van der Waals surface area contributed by atoms with E-state index in [1.165, 1.54) is 6.07 Å². The molecule has 1 aromatic rings. The summed E-state index contributed by atoms with van der Waals surface area (Å²) in [4.78, 5) is 40.6. The largest absolute Gasteiger partial charge is 0.416 e. The van der Waals surface area contributed by atoms with Crippen LogP contribution in [0.2, 0.25) is 0 Å².